The minimum atomic E-state index is -0.501. The second-order valence-corrected chi connectivity index (χ2v) is 7.20. The summed E-state index contributed by atoms with van der Waals surface area (Å²) in [4.78, 5) is 13.1. The smallest absolute Gasteiger partial charge is 0.257 e. The average molecular weight is 422 g/mol. The second-order valence-electron chi connectivity index (χ2n) is 5.85. The molecule has 3 aromatic rings. The molecule has 4 rings (SSSR count). The zero-order chi connectivity index (χ0) is 19.1. The van der Waals surface area contributed by atoms with Crippen LogP contribution in [0.1, 0.15) is 18.5 Å². The molecule has 0 fully saturated rings. The van der Waals surface area contributed by atoms with Crippen molar-refractivity contribution in [3.8, 4) is 0 Å². The van der Waals surface area contributed by atoms with E-state index in [1.165, 1.54) is 0 Å². The fraction of sp³-hybridized carbons (Fsp3) is 0.125. The molecule has 1 unspecified atom stereocenters. The van der Waals surface area contributed by atoms with Gasteiger partial charge in [0.05, 0.1) is 33.5 Å². The van der Waals surface area contributed by atoms with Gasteiger partial charge in [-0.3, -0.25) is 4.79 Å². The van der Waals surface area contributed by atoms with Gasteiger partial charge in [-0.25, -0.2) is 4.68 Å². The molecule has 0 saturated heterocycles. The van der Waals surface area contributed by atoms with Crippen LogP contribution in [0.15, 0.2) is 41.7 Å². The molecule has 11 heteroatoms. The number of carbonyl (C=O) groups is 1. The van der Waals surface area contributed by atoms with Gasteiger partial charge in [0.1, 0.15) is 11.9 Å². The summed E-state index contributed by atoms with van der Waals surface area (Å²) in [5.41, 5.74) is 7.64. The number of nitrogens with two attached hydrogens (primary N) is 1. The monoisotopic (exact) mass is 421 g/mol. The van der Waals surface area contributed by atoms with Crippen LogP contribution in [-0.4, -0.2) is 24.4 Å². The maximum absolute atomic E-state index is 13.1. The molecule has 1 amide bonds. The number of amides is 1. The maximum Gasteiger partial charge on any atom is 0.257 e. The Morgan fingerprint density at radius 1 is 1.30 bits per heavy atom. The summed E-state index contributed by atoms with van der Waals surface area (Å²) < 4.78 is 9.59. The lowest BCUT2D eigenvalue weighted by atomic mass is 9.95. The molecular formula is C16H13Cl2N7OS. The van der Waals surface area contributed by atoms with E-state index in [-0.39, 0.29) is 17.5 Å². The first-order valence-corrected chi connectivity index (χ1v) is 9.30. The van der Waals surface area contributed by atoms with Gasteiger partial charge < -0.3 is 16.4 Å². The van der Waals surface area contributed by atoms with Gasteiger partial charge in [0.2, 0.25) is 0 Å². The predicted molar refractivity (Wildman–Crippen MR) is 106 cm³/mol. The Morgan fingerprint density at radius 3 is 2.81 bits per heavy atom. The quantitative estimate of drug-likeness (QED) is 0.596. The third-order valence-electron chi connectivity index (χ3n) is 4.16. The molecule has 8 nitrogen and oxygen atoms in total. The topological polar surface area (TPSA) is 111 Å². The first-order chi connectivity index (χ1) is 13.0. The molecule has 1 aliphatic rings. The van der Waals surface area contributed by atoms with E-state index in [0.717, 1.165) is 23.1 Å². The van der Waals surface area contributed by atoms with Gasteiger partial charge in [-0.1, -0.05) is 29.3 Å². The van der Waals surface area contributed by atoms with E-state index < -0.39 is 6.04 Å². The number of halogens is 2. The van der Waals surface area contributed by atoms with Crippen molar-refractivity contribution in [3.63, 3.8) is 0 Å². The standard InChI is InChI=1S/C16H13Cl2N7OS/c1-7-12(16(26)22-15-14(19)23-27-24-15)13(25-11(21-7)4-5-20-25)8-2-3-9(17)10(18)6-8/h2-6,13,21H,1H3,(H2,19,23)(H,22,24,26). The first-order valence-electron chi connectivity index (χ1n) is 7.81. The van der Waals surface area contributed by atoms with Crippen LogP contribution in [0.25, 0.3) is 0 Å². The van der Waals surface area contributed by atoms with E-state index >= 15 is 0 Å². The molecular weight excluding hydrogens is 409 g/mol. The fourth-order valence-corrected chi connectivity index (χ4v) is 3.69. The molecule has 1 aromatic carbocycles. The first kappa shape index (κ1) is 17.8. The molecule has 4 N–H and O–H groups in total. The van der Waals surface area contributed by atoms with E-state index in [2.05, 4.69) is 24.5 Å². The van der Waals surface area contributed by atoms with Gasteiger partial charge in [-0.2, -0.15) is 13.8 Å². The number of nitrogen functional groups attached to an aromatic ring is 1. The van der Waals surface area contributed by atoms with Crippen LogP contribution in [0.2, 0.25) is 10.0 Å². The van der Waals surface area contributed by atoms with Crippen LogP contribution in [0.4, 0.5) is 17.5 Å². The number of anilines is 3. The Balaban J connectivity index is 1.80. The Hall–Kier alpha value is -2.62. The molecule has 0 bridgehead atoms. The third kappa shape index (κ3) is 3.14. The highest BCUT2D eigenvalue weighted by Crippen LogP contribution is 2.38. The summed E-state index contributed by atoms with van der Waals surface area (Å²) in [6.07, 6.45) is 1.66. The SMILES string of the molecule is CC1=C(C(=O)Nc2nsnc2N)C(c2ccc(Cl)c(Cl)c2)n2nccc2N1. The molecule has 138 valence electrons. The van der Waals surface area contributed by atoms with Crippen molar-refractivity contribution in [1.82, 2.24) is 18.5 Å². The highest BCUT2D eigenvalue weighted by atomic mass is 35.5. The number of hydrogen-bond acceptors (Lipinski definition) is 7. The Morgan fingerprint density at radius 2 is 2.11 bits per heavy atom. The number of benzene rings is 1. The van der Waals surface area contributed by atoms with Crippen LogP contribution in [0.3, 0.4) is 0 Å². The number of rotatable bonds is 3. The van der Waals surface area contributed by atoms with Gasteiger partial charge in [0.15, 0.2) is 11.6 Å². The average Bonchev–Trinajstić information content (AvgIpc) is 3.25. The maximum atomic E-state index is 13.1. The van der Waals surface area contributed by atoms with Crippen LogP contribution >= 0.6 is 34.9 Å². The number of hydrogen-bond donors (Lipinski definition) is 3. The lowest BCUT2D eigenvalue weighted by Crippen LogP contribution is -2.31. The lowest BCUT2D eigenvalue weighted by Gasteiger charge is -2.29. The highest BCUT2D eigenvalue weighted by Gasteiger charge is 2.33. The van der Waals surface area contributed by atoms with Gasteiger partial charge in [0, 0.05) is 11.8 Å². The minimum absolute atomic E-state index is 0.168. The number of aromatic nitrogens is 4. The molecule has 0 saturated carbocycles. The number of nitrogens with one attached hydrogen (secondary N) is 2. The molecule has 2 aromatic heterocycles. The van der Waals surface area contributed by atoms with E-state index in [1.54, 1.807) is 23.0 Å². The van der Waals surface area contributed by atoms with Gasteiger partial charge >= 0.3 is 0 Å². The van der Waals surface area contributed by atoms with Crippen molar-refractivity contribution in [2.75, 3.05) is 16.4 Å². The fourth-order valence-electron chi connectivity index (χ4n) is 2.95. The molecule has 1 atom stereocenters. The van der Waals surface area contributed by atoms with Crippen molar-refractivity contribution < 1.29 is 4.79 Å². The Kier molecular flexibility index (Phi) is 4.50. The van der Waals surface area contributed by atoms with Gasteiger partial charge in [0.25, 0.3) is 5.91 Å². The van der Waals surface area contributed by atoms with Crippen LogP contribution in [-0.2, 0) is 4.79 Å². The highest BCUT2D eigenvalue weighted by molar-refractivity contribution is 6.99. The summed E-state index contributed by atoms with van der Waals surface area (Å²) in [6.45, 7) is 1.82. The molecule has 0 aliphatic carbocycles. The summed E-state index contributed by atoms with van der Waals surface area (Å²) in [5.74, 6) is 0.789. The van der Waals surface area contributed by atoms with Crippen LogP contribution in [0, 0.1) is 0 Å². The molecule has 1 aliphatic heterocycles. The van der Waals surface area contributed by atoms with Gasteiger partial charge in [-0.15, -0.1) is 0 Å². The second kappa shape index (κ2) is 6.84. The number of allylic oxidation sites excluding steroid dienone is 1. The summed E-state index contributed by atoms with van der Waals surface area (Å²) in [7, 11) is 0. The normalized spacial score (nSPS) is 16.0. The number of fused-ring (bicyclic) bond motifs is 1. The van der Waals surface area contributed by atoms with Crippen molar-refractivity contribution in [2.45, 2.75) is 13.0 Å². The van der Waals surface area contributed by atoms with Crippen molar-refractivity contribution in [1.29, 1.82) is 0 Å². The molecule has 27 heavy (non-hydrogen) atoms. The number of carbonyl (C=O) groups excluding carboxylic acids is 1. The molecule has 0 radical (unpaired) electrons. The number of nitrogens with zero attached hydrogens (tertiary/aromatic N) is 4. The van der Waals surface area contributed by atoms with Gasteiger partial charge in [-0.05, 0) is 24.6 Å². The molecule has 3 heterocycles. The van der Waals surface area contributed by atoms with Crippen LogP contribution in [0.5, 0.6) is 0 Å². The minimum Gasteiger partial charge on any atom is -0.380 e. The van der Waals surface area contributed by atoms with Crippen molar-refractivity contribution in [3.05, 3.63) is 57.3 Å². The largest absolute Gasteiger partial charge is 0.380 e. The van der Waals surface area contributed by atoms with E-state index in [1.807, 2.05) is 19.1 Å². The zero-order valence-electron chi connectivity index (χ0n) is 13.9. The molecule has 0 spiro atoms. The Labute approximate surface area is 168 Å². The zero-order valence-corrected chi connectivity index (χ0v) is 16.2. The van der Waals surface area contributed by atoms with E-state index in [0.29, 0.717) is 21.3 Å². The predicted octanol–water partition coefficient (Wildman–Crippen LogP) is 3.55. The van der Waals surface area contributed by atoms with E-state index in [4.69, 9.17) is 28.9 Å². The summed E-state index contributed by atoms with van der Waals surface area (Å²) >= 11 is 13.2. The third-order valence-corrected chi connectivity index (χ3v) is 5.44. The lowest BCUT2D eigenvalue weighted by molar-refractivity contribution is -0.113. The summed E-state index contributed by atoms with van der Waals surface area (Å²) in [5, 5.41) is 11.1. The Bertz CT molecular complexity index is 1070. The van der Waals surface area contributed by atoms with Crippen LogP contribution < -0.4 is 16.4 Å². The summed E-state index contributed by atoms with van der Waals surface area (Å²) in [6, 6.07) is 6.56. The van der Waals surface area contributed by atoms with Crippen molar-refractivity contribution in [2.24, 2.45) is 0 Å². The van der Waals surface area contributed by atoms with E-state index in [9.17, 15) is 4.79 Å². The van der Waals surface area contributed by atoms with Crippen molar-refractivity contribution >= 4 is 58.3 Å².